The van der Waals surface area contributed by atoms with E-state index >= 15 is 0 Å². The molecule has 0 bridgehead atoms. The molecule has 1 heterocycles. The molecule has 2 amide bonds. The molecule has 1 saturated carbocycles. The van der Waals surface area contributed by atoms with Crippen molar-refractivity contribution in [3.8, 4) is 0 Å². The monoisotopic (exact) mass is 453 g/mol. The Labute approximate surface area is 183 Å². The molecule has 10 heteroatoms. The van der Waals surface area contributed by atoms with Gasteiger partial charge in [0.25, 0.3) is 17.7 Å². The molecule has 1 fully saturated rings. The SMILES string of the molecule is Cc1cc(NC(=O)c2c(C)c(C(O)C(=O)NC3(CO)CC(F)(F)C3)n(C)c2C)ccc1F. The smallest absolute Gasteiger partial charge is 0.257 e. The second-order valence-electron chi connectivity index (χ2n) is 8.49. The third-order valence-corrected chi connectivity index (χ3v) is 6.02. The maximum absolute atomic E-state index is 13.5. The minimum Gasteiger partial charge on any atom is -0.394 e. The zero-order valence-electron chi connectivity index (χ0n) is 18.2. The predicted octanol–water partition coefficient (Wildman–Crippen LogP) is 2.65. The predicted molar refractivity (Wildman–Crippen MR) is 111 cm³/mol. The summed E-state index contributed by atoms with van der Waals surface area (Å²) in [7, 11) is 1.56. The maximum atomic E-state index is 13.5. The summed E-state index contributed by atoms with van der Waals surface area (Å²) in [5.41, 5.74) is 0.399. The Kier molecular flexibility index (Phi) is 6.14. The van der Waals surface area contributed by atoms with Gasteiger partial charge in [-0.3, -0.25) is 9.59 Å². The molecular formula is C22H26F3N3O4. The number of aliphatic hydroxyl groups excluding tert-OH is 2. The van der Waals surface area contributed by atoms with Crippen LogP contribution in [-0.4, -0.2) is 44.7 Å². The Morgan fingerprint density at radius 3 is 2.38 bits per heavy atom. The van der Waals surface area contributed by atoms with Gasteiger partial charge in [-0.2, -0.15) is 0 Å². The summed E-state index contributed by atoms with van der Waals surface area (Å²) in [6, 6.07) is 4.13. The maximum Gasteiger partial charge on any atom is 0.257 e. The van der Waals surface area contributed by atoms with Gasteiger partial charge >= 0.3 is 0 Å². The molecule has 0 radical (unpaired) electrons. The molecule has 1 unspecified atom stereocenters. The number of hydrogen-bond donors (Lipinski definition) is 4. The molecule has 1 aromatic carbocycles. The molecule has 1 atom stereocenters. The topological polar surface area (TPSA) is 104 Å². The Hall–Kier alpha value is -2.85. The van der Waals surface area contributed by atoms with Crippen LogP contribution in [0.2, 0.25) is 0 Å². The van der Waals surface area contributed by atoms with E-state index in [9.17, 15) is 33.0 Å². The molecule has 2 aromatic rings. The van der Waals surface area contributed by atoms with Gasteiger partial charge in [-0.05, 0) is 50.1 Å². The number of carbonyl (C=O) groups excluding carboxylic acids is 2. The van der Waals surface area contributed by atoms with E-state index in [0.29, 0.717) is 22.5 Å². The van der Waals surface area contributed by atoms with Crippen LogP contribution in [0.1, 0.15) is 51.8 Å². The summed E-state index contributed by atoms with van der Waals surface area (Å²) in [5, 5.41) is 25.1. The number of anilines is 1. The van der Waals surface area contributed by atoms with E-state index in [-0.39, 0.29) is 11.3 Å². The lowest BCUT2D eigenvalue weighted by Crippen LogP contribution is -2.65. The largest absolute Gasteiger partial charge is 0.394 e. The van der Waals surface area contributed by atoms with Gasteiger partial charge in [0.1, 0.15) is 5.82 Å². The van der Waals surface area contributed by atoms with Crippen LogP contribution in [0.3, 0.4) is 0 Å². The van der Waals surface area contributed by atoms with Crippen LogP contribution in [0.25, 0.3) is 0 Å². The third-order valence-electron chi connectivity index (χ3n) is 6.02. The second-order valence-corrected chi connectivity index (χ2v) is 8.49. The van der Waals surface area contributed by atoms with Crippen LogP contribution in [0.15, 0.2) is 18.2 Å². The lowest BCUT2D eigenvalue weighted by atomic mass is 9.73. The first kappa shape index (κ1) is 23.8. The van der Waals surface area contributed by atoms with E-state index < -0.39 is 54.6 Å². The lowest BCUT2D eigenvalue weighted by molar-refractivity contribution is -0.160. The third kappa shape index (κ3) is 4.24. The Morgan fingerprint density at radius 2 is 1.84 bits per heavy atom. The van der Waals surface area contributed by atoms with E-state index in [1.807, 2.05) is 0 Å². The average molecular weight is 453 g/mol. The van der Waals surface area contributed by atoms with Crippen molar-refractivity contribution in [1.29, 1.82) is 0 Å². The summed E-state index contributed by atoms with van der Waals surface area (Å²) in [6.45, 7) is 4.07. The molecular weight excluding hydrogens is 427 g/mol. The van der Waals surface area contributed by atoms with Gasteiger partial charge < -0.3 is 25.4 Å². The van der Waals surface area contributed by atoms with E-state index in [2.05, 4.69) is 10.6 Å². The van der Waals surface area contributed by atoms with Crippen molar-refractivity contribution < 1.29 is 33.0 Å². The molecule has 7 nitrogen and oxygen atoms in total. The lowest BCUT2D eigenvalue weighted by Gasteiger charge is -2.46. The van der Waals surface area contributed by atoms with Crippen LogP contribution >= 0.6 is 0 Å². The van der Waals surface area contributed by atoms with Crippen LogP contribution < -0.4 is 10.6 Å². The van der Waals surface area contributed by atoms with Crippen molar-refractivity contribution in [3.05, 3.63) is 52.1 Å². The van der Waals surface area contributed by atoms with Crippen LogP contribution in [-0.2, 0) is 11.8 Å². The molecule has 4 N–H and O–H groups in total. The Bertz CT molecular complexity index is 1070. The number of amides is 2. The van der Waals surface area contributed by atoms with Crippen LogP contribution in [0.4, 0.5) is 18.9 Å². The number of halogens is 3. The van der Waals surface area contributed by atoms with Gasteiger partial charge in [-0.1, -0.05) is 0 Å². The molecule has 1 aliphatic carbocycles. The number of hydrogen-bond acceptors (Lipinski definition) is 4. The molecule has 0 saturated heterocycles. The molecule has 174 valence electrons. The number of carbonyl (C=O) groups is 2. The van der Waals surface area contributed by atoms with Crippen LogP contribution in [0.5, 0.6) is 0 Å². The number of benzene rings is 1. The van der Waals surface area contributed by atoms with Crippen molar-refractivity contribution in [2.75, 3.05) is 11.9 Å². The van der Waals surface area contributed by atoms with E-state index in [4.69, 9.17) is 0 Å². The van der Waals surface area contributed by atoms with Crippen molar-refractivity contribution in [2.24, 2.45) is 7.05 Å². The second kappa shape index (κ2) is 8.25. The van der Waals surface area contributed by atoms with Crippen molar-refractivity contribution in [1.82, 2.24) is 9.88 Å². The van der Waals surface area contributed by atoms with E-state index in [1.54, 1.807) is 27.8 Å². The Balaban J connectivity index is 1.84. The van der Waals surface area contributed by atoms with Gasteiger partial charge in [-0.15, -0.1) is 0 Å². The standard InChI is InChI=1S/C22H26F3N3O4/c1-11-7-14(5-6-15(11)23)26-19(31)16-12(2)17(28(4)13(16)3)18(30)20(32)27-21(10-29)8-22(24,25)9-21/h5-7,18,29-30H,8-10H2,1-4H3,(H,26,31)(H,27,32). The van der Waals surface area contributed by atoms with Crippen LogP contribution in [0, 0.1) is 26.6 Å². The first-order chi connectivity index (χ1) is 14.8. The van der Waals surface area contributed by atoms with E-state index in [1.165, 1.54) is 22.8 Å². The first-order valence-electron chi connectivity index (χ1n) is 10.0. The quantitative estimate of drug-likeness (QED) is 0.540. The molecule has 3 rings (SSSR count). The van der Waals surface area contributed by atoms with Gasteiger partial charge in [0.05, 0.1) is 23.4 Å². The zero-order chi connectivity index (χ0) is 24.0. The van der Waals surface area contributed by atoms with Gasteiger partial charge in [-0.25, -0.2) is 13.2 Å². The number of aromatic nitrogens is 1. The number of aliphatic hydroxyl groups is 2. The molecule has 1 aliphatic rings. The van der Waals surface area contributed by atoms with E-state index in [0.717, 1.165) is 0 Å². The molecule has 0 aliphatic heterocycles. The molecule has 0 spiro atoms. The summed E-state index contributed by atoms with van der Waals surface area (Å²) < 4.78 is 41.6. The minimum atomic E-state index is -2.98. The van der Waals surface area contributed by atoms with Gasteiger partial charge in [0.15, 0.2) is 6.10 Å². The zero-order valence-corrected chi connectivity index (χ0v) is 18.2. The fourth-order valence-corrected chi connectivity index (χ4v) is 4.27. The highest BCUT2D eigenvalue weighted by Gasteiger charge is 2.57. The summed E-state index contributed by atoms with van der Waals surface area (Å²) in [4.78, 5) is 25.5. The summed E-state index contributed by atoms with van der Waals surface area (Å²) in [5.74, 6) is -4.84. The highest BCUT2D eigenvalue weighted by molar-refractivity contribution is 6.06. The Morgan fingerprint density at radius 1 is 1.22 bits per heavy atom. The molecule has 32 heavy (non-hydrogen) atoms. The number of nitrogens with one attached hydrogen (secondary N) is 2. The summed E-state index contributed by atoms with van der Waals surface area (Å²) in [6.07, 6.45) is -3.18. The molecule has 1 aromatic heterocycles. The normalized spacial score (nSPS) is 17.4. The van der Waals surface area contributed by atoms with Crippen molar-refractivity contribution in [2.45, 2.75) is 51.2 Å². The fraction of sp³-hybridized carbons (Fsp3) is 0.455. The number of alkyl halides is 2. The summed E-state index contributed by atoms with van der Waals surface area (Å²) >= 11 is 0. The van der Waals surface area contributed by atoms with Crippen molar-refractivity contribution in [3.63, 3.8) is 0 Å². The minimum absolute atomic E-state index is 0.125. The highest BCUT2D eigenvalue weighted by Crippen LogP contribution is 2.45. The van der Waals surface area contributed by atoms with Gasteiger partial charge in [0.2, 0.25) is 0 Å². The van der Waals surface area contributed by atoms with Gasteiger partial charge in [0, 0.05) is 31.3 Å². The average Bonchev–Trinajstić information content (AvgIpc) is 2.91. The van der Waals surface area contributed by atoms with Crippen molar-refractivity contribution >= 4 is 17.5 Å². The fourth-order valence-electron chi connectivity index (χ4n) is 4.27. The first-order valence-corrected chi connectivity index (χ1v) is 10.0. The number of rotatable bonds is 6. The number of nitrogens with zero attached hydrogens (tertiary/aromatic N) is 1. The number of aryl methyl sites for hydroxylation is 1. The highest BCUT2D eigenvalue weighted by atomic mass is 19.3.